The van der Waals surface area contributed by atoms with Gasteiger partial charge in [-0.3, -0.25) is 9.59 Å². The zero-order valence-corrected chi connectivity index (χ0v) is 15.7. The molecule has 138 valence electrons. The van der Waals surface area contributed by atoms with Crippen molar-refractivity contribution in [2.75, 3.05) is 16.8 Å². The normalized spacial score (nSPS) is 13.3. The molecule has 0 aliphatic carbocycles. The van der Waals surface area contributed by atoms with Crippen molar-refractivity contribution in [2.24, 2.45) is 0 Å². The van der Waals surface area contributed by atoms with Crippen LogP contribution in [0.15, 0.2) is 46.3 Å². The van der Waals surface area contributed by atoms with Crippen LogP contribution in [0.25, 0.3) is 0 Å². The maximum atomic E-state index is 12.7. The van der Waals surface area contributed by atoms with Gasteiger partial charge in [0.05, 0.1) is 17.0 Å². The van der Waals surface area contributed by atoms with Crippen molar-refractivity contribution in [3.8, 4) is 0 Å². The monoisotopic (exact) mass is 381 g/mol. The number of nitrogens with zero attached hydrogens (tertiary/aromatic N) is 2. The fourth-order valence-electron chi connectivity index (χ4n) is 3.29. The van der Waals surface area contributed by atoms with Gasteiger partial charge in [-0.2, -0.15) is 0 Å². The summed E-state index contributed by atoms with van der Waals surface area (Å²) in [5.41, 5.74) is 3.33. The minimum absolute atomic E-state index is 0.0316. The highest BCUT2D eigenvalue weighted by Crippen LogP contribution is 2.31. The van der Waals surface area contributed by atoms with Gasteiger partial charge in [0.2, 0.25) is 5.91 Å². The molecular formula is C20H19N3O3S. The van der Waals surface area contributed by atoms with Crippen molar-refractivity contribution in [1.29, 1.82) is 0 Å². The Hall–Kier alpha value is -2.93. The zero-order chi connectivity index (χ0) is 18.8. The average Bonchev–Trinajstić information content (AvgIpc) is 3.32. The predicted octanol–water partition coefficient (Wildman–Crippen LogP) is 3.82. The highest BCUT2D eigenvalue weighted by Gasteiger charge is 2.24. The Morgan fingerprint density at radius 2 is 2.19 bits per heavy atom. The fraction of sp³-hybridized carbons (Fsp3) is 0.250. The second kappa shape index (κ2) is 7.36. The molecule has 7 heteroatoms. The summed E-state index contributed by atoms with van der Waals surface area (Å²) in [5.74, 6) is 0.566. The van der Waals surface area contributed by atoms with Crippen LogP contribution in [0, 0.1) is 6.92 Å². The molecule has 0 spiro atoms. The van der Waals surface area contributed by atoms with E-state index in [4.69, 9.17) is 4.52 Å². The number of rotatable bonds is 4. The highest BCUT2D eigenvalue weighted by atomic mass is 32.1. The number of carbonyl (C=O) groups is 2. The van der Waals surface area contributed by atoms with Gasteiger partial charge >= 0.3 is 0 Å². The van der Waals surface area contributed by atoms with E-state index in [9.17, 15) is 9.59 Å². The van der Waals surface area contributed by atoms with Gasteiger partial charge < -0.3 is 14.7 Å². The first kappa shape index (κ1) is 17.5. The Morgan fingerprint density at radius 1 is 1.30 bits per heavy atom. The lowest BCUT2D eigenvalue weighted by Gasteiger charge is -2.29. The number of nitrogens with one attached hydrogen (secondary N) is 1. The molecule has 0 fully saturated rings. The SMILES string of the molecule is Cc1cc(CC(=O)Nc2ccc3c(c2)CCCN3C(=O)c2cccs2)no1. The molecule has 4 rings (SSSR count). The van der Waals surface area contributed by atoms with Crippen LogP contribution in [0.5, 0.6) is 0 Å². The maximum Gasteiger partial charge on any atom is 0.268 e. The lowest BCUT2D eigenvalue weighted by atomic mass is 10.0. The Kier molecular flexibility index (Phi) is 4.77. The summed E-state index contributed by atoms with van der Waals surface area (Å²) >= 11 is 1.45. The number of hydrogen-bond acceptors (Lipinski definition) is 5. The van der Waals surface area contributed by atoms with Gasteiger partial charge in [-0.25, -0.2) is 0 Å². The van der Waals surface area contributed by atoms with E-state index in [1.54, 1.807) is 13.0 Å². The van der Waals surface area contributed by atoms with Crippen molar-refractivity contribution >= 4 is 34.5 Å². The smallest absolute Gasteiger partial charge is 0.268 e. The molecule has 6 nitrogen and oxygen atoms in total. The van der Waals surface area contributed by atoms with Crippen LogP contribution < -0.4 is 10.2 Å². The van der Waals surface area contributed by atoms with Crippen LogP contribution in [-0.4, -0.2) is 23.5 Å². The zero-order valence-electron chi connectivity index (χ0n) is 14.9. The molecule has 0 saturated carbocycles. The number of benzene rings is 1. The van der Waals surface area contributed by atoms with Crippen LogP contribution >= 0.6 is 11.3 Å². The molecule has 3 heterocycles. The minimum atomic E-state index is -0.148. The molecule has 3 aromatic rings. The standard InChI is InChI=1S/C20H19N3O3S/c1-13-10-16(22-26-13)12-19(24)21-15-6-7-17-14(11-15)4-2-8-23(17)20(25)18-5-3-9-27-18/h3,5-7,9-11H,2,4,8,12H2,1H3,(H,21,24). The third kappa shape index (κ3) is 3.78. The van der Waals surface area contributed by atoms with E-state index in [0.717, 1.165) is 34.7 Å². The van der Waals surface area contributed by atoms with Crippen molar-refractivity contribution in [3.05, 3.63) is 63.7 Å². The summed E-state index contributed by atoms with van der Waals surface area (Å²) < 4.78 is 4.99. The molecule has 1 aromatic carbocycles. The van der Waals surface area contributed by atoms with E-state index in [1.165, 1.54) is 11.3 Å². The molecule has 2 amide bonds. The Morgan fingerprint density at radius 3 is 2.93 bits per heavy atom. The van der Waals surface area contributed by atoms with Crippen LogP contribution in [0.4, 0.5) is 11.4 Å². The Balaban J connectivity index is 1.49. The summed E-state index contributed by atoms with van der Waals surface area (Å²) in [6, 6.07) is 11.2. The van der Waals surface area contributed by atoms with Gasteiger partial charge in [0.1, 0.15) is 5.76 Å². The molecule has 1 N–H and O–H groups in total. The predicted molar refractivity (Wildman–Crippen MR) is 104 cm³/mol. The molecule has 0 radical (unpaired) electrons. The number of aromatic nitrogens is 1. The number of aryl methyl sites for hydroxylation is 2. The molecule has 0 unspecified atom stereocenters. The van der Waals surface area contributed by atoms with E-state index in [1.807, 2.05) is 40.6 Å². The first-order valence-electron chi connectivity index (χ1n) is 8.80. The molecule has 0 saturated heterocycles. The van der Waals surface area contributed by atoms with Crippen LogP contribution in [0.1, 0.15) is 33.1 Å². The third-order valence-electron chi connectivity index (χ3n) is 4.48. The van der Waals surface area contributed by atoms with Crippen molar-refractivity contribution < 1.29 is 14.1 Å². The average molecular weight is 381 g/mol. The van der Waals surface area contributed by atoms with E-state index in [2.05, 4.69) is 10.5 Å². The number of anilines is 2. The Labute approximate surface area is 160 Å². The van der Waals surface area contributed by atoms with Gasteiger partial charge in [0, 0.05) is 24.0 Å². The summed E-state index contributed by atoms with van der Waals surface area (Å²) in [4.78, 5) is 27.5. The van der Waals surface area contributed by atoms with Gasteiger partial charge in [-0.05, 0) is 55.0 Å². The number of fused-ring (bicyclic) bond motifs is 1. The minimum Gasteiger partial charge on any atom is -0.361 e. The summed E-state index contributed by atoms with van der Waals surface area (Å²) in [7, 11) is 0. The molecular weight excluding hydrogens is 362 g/mol. The van der Waals surface area contributed by atoms with E-state index in [-0.39, 0.29) is 18.2 Å². The van der Waals surface area contributed by atoms with Crippen molar-refractivity contribution in [3.63, 3.8) is 0 Å². The van der Waals surface area contributed by atoms with Crippen LogP contribution in [0.2, 0.25) is 0 Å². The maximum absolute atomic E-state index is 12.7. The molecule has 2 aromatic heterocycles. The molecule has 27 heavy (non-hydrogen) atoms. The van der Waals surface area contributed by atoms with Crippen molar-refractivity contribution in [1.82, 2.24) is 5.16 Å². The lowest BCUT2D eigenvalue weighted by molar-refractivity contribution is -0.115. The van der Waals surface area contributed by atoms with Crippen LogP contribution in [0.3, 0.4) is 0 Å². The van der Waals surface area contributed by atoms with E-state index >= 15 is 0 Å². The number of thiophene rings is 1. The first-order chi connectivity index (χ1) is 13.1. The summed E-state index contributed by atoms with van der Waals surface area (Å²) in [6.45, 7) is 2.50. The number of amides is 2. The Bertz CT molecular complexity index is 978. The van der Waals surface area contributed by atoms with Gasteiger partial charge in [-0.1, -0.05) is 11.2 Å². The van der Waals surface area contributed by atoms with Gasteiger partial charge in [0.25, 0.3) is 5.91 Å². The molecule has 1 aliphatic rings. The second-order valence-corrected chi connectivity index (χ2v) is 7.48. The topological polar surface area (TPSA) is 75.4 Å². The van der Waals surface area contributed by atoms with Gasteiger partial charge in [-0.15, -0.1) is 11.3 Å². The summed E-state index contributed by atoms with van der Waals surface area (Å²) in [6.07, 6.45) is 1.95. The van der Waals surface area contributed by atoms with E-state index in [0.29, 0.717) is 18.0 Å². The first-order valence-corrected chi connectivity index (χ1v) is 9.68. The number of hydrogen-bond donors (Lipinski definition) is 1. The fourth-order valence-corrected chi connectivity index (χ4v) is 3.96. The van der Waals surface area contributed by atoms with Crippen molar-refractivity contribution in [2.45, 2.75) is 26.2 Å². The highest BCUT2D eigenvalue weighted by molar-refractivity contribution is 7.12. The lowest BCUT2D eigenvalue weighted by Crippen LogP contribution is -2.35. The van der Waals surface area contributed by atoms with Gasteiger partial charge in [0.15, 0.2) is 0 Å². The molecule has 0 atom stereocenters. The van der Waals surface area contributed by atoms with Crippen LogP contribution in [-0.2, 0) is 17.6 Å². The second-order valence-electron chi connectivity index (χ2n) is 6.53. The summed E-state index contributed by atoms with van der Waals surface area (Å²) in [5, 5.41) is 8.65. The van der Waals surface area contributed by atoms with E-state index < -0.39 is 0 Å². The number of carbonyl (C=O) groups excluding carboxylic acids is 2. The molecule has 1 aliphatic heterocycles. The largest absolute Gasteiger partial charge is 0.361 e. The quantitative estimate of drug-likeness (QED) is 0.745. The molecule has 0 bridgehead atoms. The third-order valence-corrected chi connectivity index (χ3v) is 5.34.